The van der Waals surface area contributed by atoms with Gasteiger partial charge in [0.25, 0.3) is 0 Å². The number of hydrogen-bond acceptors (Lipinski definition) is 1. The summed E-state index contributed by atoms with van der Waals surface area (Å²) in [5.41, 5.74) is 6.75. The van der Waals surface area contributed by atoms with Gasteiger partial charge in [-0.1, -0.05) is 0 Å². The van der Waals surface area contributed by atoms with Crippen molar-refractivity contribution in [1.29, 1.82) is 0 Å². The summed E-state index contributed by atoms with van der Waals surface area (Å²) in [7, 11) is 1.92. The SMILES string of the molecule is C[NH+]1[N-]C=CN1. The highest BCUT2D eigenvalue weighted by atomic mass is 15.7. The first-order chi connectivity index (χ1) is 2.89. The number of hydrogen-bond donors (Lipinski definition) is 2. The molecule has 1 heterocycles. The quantitative estimate of drug-likeness (QED) is 0.379. The zero-order valence-corrected chi connectivity index (χ0v) is 3.60. The zero-order valence-electron chi connectivity index (χ0n) is 3.60. The van der Waals surface area contributed by atoms with E-state index in [1.165, 1.54) is 0 Å². The molecule has 34 valence electrons. The van der Waals surface area contributed by atoms with Crippen LogP contribution in [0.25, 0.3) is 5.43 Å². The van der Waals surface area contributed by atoms with Crippen molar-refractivity contribution in [1.82, 2.24) is 5.43 Å². The van der Waals surface area contributed by atoms with E-state index in [2.05, 4.69) is 10.9 Å². The van der Waals surface area contributed by atoms with Crippen LogP contribution in [0.4, 0.5) is 0 Å². The fourth-order valence-electron chi connectivity index (χ4n) is 0.344. The van der Waals surface area contributed by atoms with Crippen LogP contribution in [0, 0.1) is 0 Å². The standard InChI is InChI=1S/C3H7N3/c1-6-4-2-3-5-6/h2-4,6H,1H3. The summed E-state index contributed by atoms with van der Waals surface area (Å²) in [5, 5.41) is 0.968. The number of nitrogens with one attached hydrogen (secondary N) is 2. The van der Waals surface area contributed by atoms with Crippen molar-refractivity contribution in [3.8, 4) is 0 Å². The van der Waals surface area contributed by atoms with Crippen LogP contribution in [0.3, 0.4) is 0 Å². The largest absolute Gasteiger partial charge is 0.468 e. The predicted molar refractivity (Wildman–Crippen MR) is 22.5 cm³/mol. The van der Waals surface area contributed by atoms with Gasteiger partial charge in [0.2, 0.25) is 0 Å². The summed E-state index contributed by atoms with van der Waals surface area (Å²) in [5.74, 6) is 0. The van der Waals surface area contributed by atoms with Gasteiger partial charge >= 0.3 is 0 Å². The molecule has 0 aromatic heterocycles. The molecule has 1 aliphatic heterocycles. The van der Waals surface area contributed by atoms with Gasteiger partial charge in [-0.05, 0) is 0 Å². The van der Waals surface area contributed by atoms with E-state index in [1.807, 2.05) is 7.05 Å². The third kappa shape index (κ3) is 0.440. The zero-order chi connectivity index (χ0) is 4.41. The summed E-state index contributed by atoms with van der Waals surface area (Å²) in [4.78, 5) is 0. The first-order valence-electron chi connectivity index (χ1n) is 1.85. The highest BCUT2D eigenvalue weighted by molar-refractivity contribution is 4.90. The van der Waals surface area contributed by atoms with Crippen molar-refractivity contribution in [2.75, 3.05) is 7.05 Å². The molecule has 0 spiro atoms. The summed E-state index contributed by atoms with van der Waals surface area (Å²) in [6.45, 7) is 0. The van der Waals surface area contributed by atoms with Gasteiger partial charge in [0.1, 0.15) is 0 Å². The number of rotatable bonds is 0. The molecule has 0 aromatic carbocycles. The normalized spacial score (nSPS) is 29.2. The third-order valence-electron chi connectivity index (χ3n) is 0.635. The molecule has 0 aliphatic carbocycles. The predicted octanol–water partition coefficient (Wildman–Crippen LogP) is -1.22. The maximum atomic E-state index is 3.86. The van der Waals surface area contributed by atoms with E-state index in [1.54, 1.807) is 12.4 Å². The van der Waals surface area contributed by atoms with Gasteiger partial charge in [0.15, 0.2) is 0 Å². The molecule has 0 amide bonds. The molecule has 0 bridgehead atoms. The van der Waals surface area contributed by atoms with Crippen LogP contribution in [-0.2, 0) is 0 Å². The minimum absolute atomic E-state index is 0.968. The summed E-state index contributed by atoms with van der Waals surface area (Å²) in [6.07, 6.45) is 3.53. The molecule has 1 atom stereocenters. The highest BCUT2D eigenvalue weighted by Crippen LogP contribution is 1.74. The van der Waals surface area contributed by atoms with E-state index < -0.39 is 0 Å². The van der Waals surface area contributed by atoms with E-state index in [9.17, 15) is 0 Å². The summed E-state index contributed by atoms with van der Waals surface area (Å²) < 4.78 is 0. The molecule has 0 aromatic rings. The molecule has 1 unspecified atom stereocenters. The maximum absolute atomic E-state index is 3.86. The fraction of sp³-hybridized carbons (Fsp3) is 0.333. The van der Waals surface area contributed by atoms with Crippen molar-refractivity contribution in [2.24, 2.45) is 0 Å². The Kier molecular flexibility index (Phi) is 0.686. The van der Waals surface area contributed by atoms with Gasteiger partial charge in [-0.2, -0.15) is 0 Å². The van der Waals surface area contributed by atoms with Crippen LogP contribution in [0.2, 0.25) is 0 Å². The monoisotopic (exact) mass is 85.1 g/mol. The lowest BCUT2D eigenvalue weighted by molar-refractivity contribution is -0.874. The Morgan fingerprint density at radius 3 is 2.83 bits per heavy atom. The van der Waals surface area contributed by atoms with E-state index >= 15 is 0 Å². The molecule has 0 fully saturated rings. The lowest BCUT2D eigenvalue weighted by Crippen LogP contribution is -3.09. The van der Waals surface area contributed by atoms with Crippen LogP contribution in [0.1, 0.15) is 0 Å². The lowest BCUT2D eigenvalue weighted by atomic mass is 11.0. The van der Waals surface area contributed by atoms with Crippen molar-refractivity contribution < 1.29 is 5.12 Å². The minimum atomic E-state index is 0.968. The Morgan fingerprint density at radius 2 is 2.67 bits per heavy atom. The Bertz CT molecular complexity index is 60.4. The number of nitrogens with zero attached hydrogens (tertiary/aromatic N) is 1. The Balaban J connectivity index is 2.32. The van der Waals surface area contributed by atoms with Crippen LogP contribution >= 0.6 is 0 Å². The molecule has 1 rings (SSSR count). The van der Waals surface area contributed by atoms with Crippen molar-refractivity contribution >= 4 is 0 Å². The molecule has 6 heavy (non-hydrogen) atoms. The van der Waals surface area contributed by atoms with Crippen LogP contribution in [-0.4, -0.2) is 7.05 Å². The van der Waals surface area contributed by atoms with Crippen LogP contribution in [0.5, 0.6) is 0 Å². The third-order valence-corrected chi connectivity index (χ3v) is 0.635. The second-order valence-corrected chi connectivity index (χ2v) is 1.17. The molecule has 2 N–H and O–H groups in total. The van der Waals surface area contributed by atoms with Gasteiger partial charge in [-0.15, -0.1) is 6.20 Å². The second-order valence-electron chi connectivity index (χ2n) is 1.17. The fourth-order valence-corrected chi connectivity index (χ4v) is 0.344. The summed E-state index contributed by atoms with van der Waals surface area (Å²) >= 11 is 0. The van der Waals surface area contributed by atoms with E-state index in [0.717, 1.165) is 5.12 Å². The van der Waals surface area contributed by atoms with Crippen LogP contribution in [0.15, 0.2) is 12.4 Å². The van der Waals surface area contributed by atoms with Crippen molar-refractivity contribution in [2.45, 2.75) is 0 Å². The Labute approximate surface area is 36.6 Å². The molecule has 3 nitrogen and oxygen atoms in total. The molecule has 0 saturated carbocycles. The summed E-state index contributed by atoms with van der Waals surface area (Å²) in [6, 6.07) is 0. The maximum Gasteiger partial charge on any atom is 0.0840 e. The van der Waals surface area contributed by atoms with E-state index in [4.69, 9.17) is 0 Å². The second kappa shape index (κ2) is 1.18. The topological polar surface area (TPSA) is 30.6 Å². The average molecular weight is 85.1 g/mol. The van der Waals surface area contributed by atoms with Gasteiger partial charge in [0.05, 0.1) is 7.05 Å². The first-order valence-corrected chi connectivity index (χ1v) is 1.85. The van der Waals surface area contributed by atoms with Crippen LogP contribution < -0.4 is 10.5 Å². The molecular weight excluding hydrogens is 78.1 g/mol. The van der Waals surface area contributed by atoms with Gasteiger partial charge in [-0.3, -0.25) is 10.5 Å². The lowest BCUT2D eigenvalue weighted by Gasteiger charge is -2.14. The van der Waals surface area contributed by atoms with Gasteiger partial charge < -0.3 is 5.43 Å². The van der Waals surface area contributed by atoms with Gasteiger partial charge in [0, 0.05) is 6.20 Å². The minimum Gasteiger partial charge on any atom is -0.468 e. The van der Waals surface area contributed by atoms with Crippen molar-refractivity contribution in [3.63, 3.8) is 0 Å². The Hall–Kier alpha value is -0.700. The molecule has 1 aliphatic rings. The van der Waals surface area contributed by atoms with E-state index in [0.29, 0.717) is 0 Å². The first kappa shape index (κ1) is 3.49. The molecule has 0 radical (unpaired) electrons. The van der Waals surface area contributed by atoms with Gasteiger partial charge in [-0.25, -0.2) is 0 Å². The average Bonchev–Trinajstić information content (AvgIpc) is 1.86. The molecule has 0 saturated heterocycles. The molecular formula is C3H7N3. The number of quaternary nitrogens is 1. The highest BCUT2D eigenvalue weighted by Gasteiger charge is 1.83. The van der Waals surface area contributed by atoms with Crippen molar-refractivity contribution in [3.05, 3.63) is 17.8 Å². The smallest absolute Gasteiger partial charge is 0.0840 e. The molecule has 3 heteroatoms. The van der Waals surface area contributed by atoms with E-state index in [-0.39, 0.29) is 0 Å². The Morgan fingerprint density at radius 1 is 1.83 bits per heavy atom.